The van der Waals surface area contributed by atoms with Gasteiger partial charge in [0.15, 0.2) is 16.6 Å². The van der Waals surface area contributed by atoms with Crippen LogP contribution in [0.4, 0.5) is 0 Å². The lowest BCUT2D eigenvalue weighted by Crippen LogP contribution is -2.49. The van der Waals surface area contributed by atoms with Crippen molar-refractivity contribution >= 4 is 16.6 Å². The maximum Gasteiger partial charge on any atom is 0.192 e. The lowest BCUT2D eigenvalue weighted by Gasteiger charge is -2.45. The third-order valence-corrected chi connectivity index (χ3v) is 22.8. The summed E-state index contributed by atoms with van der Waals surface area (Å²) in [6.45, 7) is 37.7. The predicted molar refractivity (Wildman–Crippen MR) is 210 cm³/mol. The van der Waals surface area contributed by atoms with Crippen molar-refractivity contribution in [3.63, 3.8) is 0 Å². The Balaban J connectivity index is 1.86. The molecule has 1 N–H and O–H groups in total. The van der Waals surface area contributed by atoms with E-state index in [1.165, 1.54) is 43.3 Å². The van der Waals surface area contributed by atoms with Crippen LogP contribution in [0.25, 0.3) is 0 Å². The number of aliphatic hydroxyl groups is 1. The van der Waals surface area contributed by atoms with Gasteiger partial charge in [0.05, 0.1) is 18.3 Å². The summed E-state index contributed by atoms with van der Waals surface area (Å²) in [6.07, 6.45) is 20.6. The Bertz CT molecular complexity index is 1150. The molecular weight excluding hydrogens is 609 g/mol. The van der Waals surface area contributed by atoms with Crippen LogP contribution in [-0.4, -0.2) is 40.1 Å². The van der Waals surface area contributed by atoms with E-state index in [4.69, 9.17) is 15.4 Å². The molecule has 3 saturated carbocycles. The van der Waals surface area contributed by atoms with Crippen molar-refractivity contribution < 1.29 is 14.0 Å². The second kappa shape index (κ2) is 15.7. The van der Waals surface area contributed by atoms with Crippen molar-refractivity contribution in [2.45, 2.75) is 188 Å². The third kappa shape index (κ3) is 9.74. The monoisotopic (exact) mass is 685 g/mol. The first kappa shape index (κ1) is 40.7. The van der Waals surface area contributed by atoms with Crippen LogP contribution >= 0.6 is 0 Å². The van der Waals surface area contributed by atoms with E-state index in [0.717, 1.165) is 32.1 Å². The van der Waals surface area contributed by atoms with Gasteiger partial charge >= 0.3 is 0 Å². The Morgan fingerprint density at radius 2 is 1.53 bits per heavy atom. The second-order valence-corrected chi connectivity index (χ2v) is 28.6. The SMILES string of the molecule is C=C1C(=CC=C2CCC[C@]3(C)[C@@H]([C@H](C)C=C[C@@H](O)CC(CC)CC)CC[C@@H]23)C[C@@H](O[Si](C)(C)C(C)(C)C)C[C@@H]1O[Si](C)(C)C(C)(C)C. The van der Waals surface area contributed by atoms with Gasteiger partial charge in [0.25, 0.3) is 0 Å². The molecule has 0 radical (unpaired) electrons. The van der Waals surface area contributed by atoms with Crippen molar-refractivity contribution in [1.29, 1.82) is 0 Å². The van der Waals surface area contributed by atoms with Crippen molar-refractivity contribution in [1.82, 2.24) is 0 Å². The highest BCUT2D eigenvalue weighted by atomic mass is 28.4. The molecule has 3 fully saturated rings. The molecule has 0 bridgehead atoms. The van der Waals surface area contributed by atoms with Gasteiger partial charge in [-0.05, 0) is 121 Å². The second-order valence-electron chi connectivity index (χ2n) is 19.1. The van der Waals surface area contributed by atoms with Gasteiger partial charge in [0.2, 0.25) is 0 Å². The third-order valence-electron chi connectivity index (χ3n) is 13.8. The Hall–Kier alpha value is -0.726. The highest BCUT2D eigenvalue weighted by Crippen LogP contribution is 2.59. The van der Waals surface area contributed by atoms with Crippen LogP contribution in [0.2, 0.25) is 36.3 Å². The molecule has 0 saturated heterocycles. The van der Waals surface area contributed by atoms with E-state index in [0.29, 0.717) is 29.1 Å². The molecule has 0 heterocycles. The normalized spacial score (nSPS) is 31.3. The molecule has 0 aromatic carbocycles. The number of hydrogen-bond acceptors (Lipinski definition) is 3. The molecule has 0 unspecified atom stereocenters. The molecule has 0 aliphatic heterocycles. The van der Waals surface area contributed by atoms with E-state index in [1.54, 1.807) is 5.57 Å². The smallest absolute Gasteiger partial charge is 0.192 e. The lowest BCUT2D eigenvalue weighted by atomic mass is 9.61. The highest BCUT2D eigenvalue weighted by Gasteiger charge is 2.50. The van der Waals surface area contributed by atoms with Crippen LogP contribution in [0.5, 0.6) is 0 Å². The van der Waals surface area contributed by atoms with Crippen LogP contribution in [-0.2, 0) is 8.85 Å². The maximum atomic E-state index is 10.7. The van der Waals surface area contributed by atoms with E-state index in [2.05, 4.69) is 120 Å². The minimum Gasteiger partial charge on any atom is -0.413 e. The predicted octanol–water partition coefficient (Wildman–Crippen LogP) is 12.6. The first-order valence-electron chi connectivity index (χ1n) is 19.4. The summed E-state index contributed by atoms with van der Waals surface area (Å²) in [5.41, 5.74) is 4.47. The molecule has 0 aromatic rings. The molecule has 3 aliphatic rings. The number of aliphatic hydroxyl groups excluding tert-OH is 1. The summed E-state index contributed by atoms with van der Waals surface area (Å²) in [4.78, 5) is 0. The zero-order valence-electron chi connectivity index (χ0n) is 33.4. The summed E-state index contributed by atoms with van der Waals surface area (Å²) < 4.78 is 14.2. The van der Waals surface area contributed by atoms with Crippen LogP contribution in [0, 0.1) is 29.1 Å². The molecule has 3 rings (SSSR count). The quantitative estimate of drug-likeness (QED) is 0.164. The van der Waals surface area contributed by atoms with E-state index in [1.807, 2.05) is 0 Å². The van der Waals surface area contributed by atoms with Gasteiger partial charge in [-0.3, -0.25) is 0 Å². The summed E-state index contributed by atoms with van der Waals surface area (Å²) in [7, 11) is -3.92. The van der Waals surface area contributed by atoms with Crippen molar-refractivity contribution in [3.05, 3.63) is 47.6 Å². The van der Waals surface area contributed by atoms with Crippen molar-refractivity contribution in [3.8, 4) is 0 Å². The minimum absolute atomic E-state index is 0.0180. The van der Waals surface area contributed by atoms with Crippen LogP contribution in [0.15, 0.2) is 47.6 Å². The molecule has 3 nitrogen and oxygen atoms in total. The Kier molecular flexibility index (Phi) is 13.6. The average molecular weight is 685 g/mol. The minimum atomic E-state index is -1.99. The zero-order valence-corrected chi connectivity index (χ0v) is 35.4. The number of rotatable bonds is 12. The first-order chi connectivity index (χ1) is 21.6. The van der Waals surface area contributed by atoms with Crippen LogP contribution < -0.4 is 0 Å². The summed E-state index contributed by atoms with van der Waals surface area (Å²) in [5.74, 6) is 2.40. The fourth-order valence-corrected chi connectivity index (χ4v) is 11.1. The van der Waals surface area contributed by atoms with Crippen LogP contribution in [0.1, 0.15) is 133 Å². The van der Waals surface area contributed by atoms with Gasteiger partial charge in [-0.15, -0.1) is 0 Å². The van der Waals surface area contributed by atoms with Gasteiger partial charge in [-0.25, -0.2) is 0 Å². The first-order valence-corrected chi connectivity index (χ1v) is 25.2. The van der Waals surface area contributed by atoms with Crippen molar-refractivity contribution in [2.75, 3.05) is 0 Å². The summed E-state index contributed by atoms with van der Waals surface area (Å²) >= 11 is 0. The molecular formula is C42H76O3Si2. The van der Waals surface area contributed by atoms with Gasteiger partial charge < -0.3 is 14.0 Å². The van der Waals surface area contributed by atoms with E-state index < -0.39 is 16.6 Å². The fourth-order valence-electron chi connectivity index (χ4n) is 8.39. The average Bonchev–Trinajstić information content (AvgIpc) is 3.31. The van der Waals surface area contributed by atoms with E-state index >= 15 is 0 Å². The van der Waals surface area contributed by atoms with Gasteiger partial charge in [0, 0.05) is 6.42 Å². The highest BCUT2D eigenvalue weighted by molar-refractivity contribution is 6.74. The van der Waals surface area contributed by atoms with Crippen LogP contribution in [0.3, 0.4) is 0 Å². The Morgan fingerprint density at radius 1 is 0.936 bits per heavy atom. The van der Waals surface area contributed by atoms with Crippen molar-refractivity contribution in [2.24, 2.45) is 29.1 Å². The Labute approximate surface area is 294 Å². The van der Waals surface area contributed by atoms with Gasteiger partial charge in [-0.2, -0.15) is 0 Å². The number of fused-ring (bicyclic) bond motifs is 1. The molecule has 47 heavy (non-hydrogen) atoms. The molecule has 270 valence electrons. The summed E-state index contributed by atoms with van der Waals surface area (Å²) in [5, 5.41) is 11.1. The standard InChI is InChI=1S/C42H76O3Si2/c1-16-32(17-2)27-35(43)23-20-30(3)37-24-25-38-33(19-18-26-42(37,38)11)21-22-34-28-36(44-46(12,13)40(5,6)7)29-39(31(34)4)45-47(14,15)41(8,9)10/h20-23,30,32,35-39,43H,4,16-19,24-29H2,1-3,5-15H3/t30-,35-,36-,37-,38+,39+,42-/m1/s1. The molecule has 0 spiro atoms. The molecule has 0 amide bonds. The summed E-state index contributed by atoms with van der Waals surface area (Å²) in [6, 6.07) is 0. The van der Waals surface area contributed by atoms with Gasteiger partial charge in [-0.1, -0.05) is 119 Å². The number of hydrogen-bond donors (Lipinski definition) is 1. The topological polar surface area (TPSA) is 38.7 Å². The molecule has 3 aliphatic carbocycles. The maximum absolute atomic E-state index is 10.7. The van der Waals surface area contributed by atoms with Gasteiger partial charge in [0.1, 0.15) is 0 Å². The van der Waals surface area contributed by atoms with E-state index in [9.17, 15) is 5.11 Å². The largest absolute Gasteiger partial charge is 0.413 e. The Morgan fingerprint density at radius 3 is 2.11 bits per heavy atom. The molecule has 5 heteroatoms. The molecule has 0 aromatic heterocycles. The fraction of sp³-hybridized carbons (Fsp3) is 0.810. The number of allylic oxidation sites excluding steroid dienone is 4. The zero-order chi connectivity index (χ0) is 35.6. The van der Waals surface area contributed by atoms with E-state index in [-0.39, 0.29) is 28.4 Å². The molecule has 7 atom stereocenters. The lowest BCUT2D eigenvalue weighted by molar-refractivity contribution is 0.0969.